The second kappa shape index (κ2) is 6.04. The van der Waals surface area contributed by atoms with Gasteiger partial charge in [-0.2, -0.15) is 0 Å². The van der Waals surface area contributed by atoms with Crippen molar-refractivity contribution < 1.29 is 5.11 Å². The Kier molecular flexibility index (Phi) is 4.34. The van der Waals surface area contributed by atoms with Gasteiger partial charge < -0.3 is 5.11 Å². The topological polar surface area (TPSA) is 26.7 Å². The van der Waals surface area contributed by atoms with Crippen LogP contribution in [0, 0.1) is 0 Å². The van der Waals surface area contributed by atoms with Crippen LogP contribution < -0.4 is 0 Å². The summed E-state index contributed by atoms with van der Waals surface area (Å²) < 4.78 is 1.04. The quantitative estimate of drug-likeness (QED) is 0.895. The van der Waals surface area contributed by atoms with E-state index in [2.05, 4.69) is 38.7 Å². The molecule has 2 saturated heterocycles. The smallest absolute Gasteiger partial charge is 0.120 e. The van der Waals surface area contributed by atoms with E-state index in [-0.39, 0.29) is 6.04 Å². The molecule has 0 aromatic heterocycles. The summed E-state index contributed by atoms with van der Waals surface area (Å²) in [7, 11) is 0. The Balaban J connectivity index is 1.78. The molecule has 1 aromatic carbocycles. The number of phenols is 1. The zero-order valence-corrected chi connectivity index (χ0v) is 13.6. The van der Waals surface area contributed by atoms with Crippen LogP contribution in [-0.4, -0.2) is 47.1 Å². The normalized spacial score (nSPS) is 26.2. The van der Waals surface area contributed by atoms with E-state index in [0.717, 1.165) is 23.1 Å². The van der Waals surface area contributed by atoms with Gasteiger partial charge in [0, 0.05) is 35.2 Å². The second-order valence-electron chi connectivity index (χ2n) is 6.06. The zero-order valence-electron chi connectivity index (χ0n) is 12.1. The average molecular weight is 339 g/mol. The molecule has 0 bridgehead atoms. The molecule has 0 saturated carbocycles. The minimum Gasteiger partial charge on any atom is -0.508 e. The van der Waals surface area contributed by atoms with Crippen molar-refractivity contribution in [2.24, 2.45) is 0 Å². The van der Waals surface area contributed by atoms with Gasteiger partial charge in [-0.1, -0.05) is 15.9 Å². The molecule has 2 unspecified atom stereocenters. The SMILES string of the molecule is CC(c1cc(Br)ccc1O)N1CCCN2CCCC2C1. The first-order chi connectivity index (χ1) is 9.65. The van der Waals surface area contributed by atoms with E-state index in [4.69, 9.17) is 0 Å². The highest BCUT2D eigenvalue weighted by Gasteiger charge is 2.31. The standard InChI is InChI=1S/C16H23BrN2O/c1-12(15-10-13(17)5-6-16(15)20)19-9-3-8-18-7-2-4-14(18)11-19/h5-6,10,12,14,20H,2-4,7-9,11H2,1H3. The molecule has 0 aliphatic carbocycles. The highest BCUT2D eigenvalue weighted by molar-refractivity contribution is 9.10. The van der Waals surface area contributed by atoms with Crippen molar-refractivity contribution in [2.75, 3.05) is 26.2 Å². The molecule has 2 heterocycles. The number of hydrogen-bond acceptors (Lipinski definition) is 3. The van der Waals surface area contributed by atoms with E-state index in [1.54, 1.807) is 6.07 Å². The molecule has 110 valence electrons. The maximum atomic E-state index is 10.1. The Morgan fingerprint density at radius 2 is 2.05 bits per heavy atom. The lowest BCUT2D eigenvalue weighted by Crippen LogP contribution is -2.37. The van der Waals surface area contributed by atoms with Crippen molar-refractivity contribution in [3.63, 3.8) is 0 Å². The number of benzene rings is 1. The van der Waals surface area contributed by atoms with Gasteiger partial charge in [0.15, 0.2) is 0 Å². The summed E-state index contributed by atoms with van der Waals surface area (Å²) in [6.07, 6.45) is 3.90. The Hall–Kier alpha value is -0.580. The first kappa shape index (κ1) is 14.4. The highest BCUT2D eigenvalue weighted by atomic mass is 79.9. The van der Waals surface area contributed by atoms with E-state index in [1.165, 1.54) is 32.4 Å². The lowest BCUT2D eigenvalue weighted by molar-refractivity contribution is 0.180. The second-order valence-corrected chi connectivity index (χ2v) is 6.98. The molecular formula is C16H23BrN2O. The third kappa shape index (κ3) is 2.87. The fourth-order valence-electron chi connectivity index (χ4n) is 3.64. The lowest BCUT2D eigenvalue weighted by Gasteiger charge is -2.31. The maximum absolute atomic E-state index is 10.1. The predicted octanol–water partition coefficient (Wildman–Crippen LogP) is 3.39. The number of rotatable bonds is 2. The van der Waals surface area contributed by atoms with Crippen LogP contribution in [0.4, 0.5) is 0 Å². The van der Waals surface area contributed by atoms with Crippen LogP contribution in [0.25, 0.3) is 0 Å². The summed E-state index contributed by atoms with van der Waals surface area (Å²) in [6, 6.07) is 6.72. The summed E-state index contributed by atoms with van der Waals surface area (Å²) in [5.41, 5.74) is 1.03. The van der Waals surface area contributed by atoms with Crippen LogP contribution in [0.1, 0.15) is 37.8 Å². The molecule has 3 nitrogen and oxygen atoms in total. The number of aromatic hydroxyl groups is 1. The van der Waals surface area contributed by atoms with Crippen LogP contribution in [0.5, 0.6) is 5.75 Å². The molecule has 2 aliphatic rings. The van der Waals surface area contributed by atoms with Crippen LogP contribution >= 0.6 is 15.9 Å². The van der Waals surface area contributed by atoms with E-state index in [1.807, 2.05) is 6.07 Å². The Bertz CT molecular complexity index is 480. The molecule has 0 spiro atoms. The molecule has 2 atom stereocenters. The third-order valence-electron chi connectivity index (χ3n) is 4.82. The molecule has 1 aromatic rings. The van der Waals surface area contributed by atoms with Crippen LogP contribution in [0.3, 0.4) is 0 Å². The van der Waals surface area contributed by atoms with Crippen molar-refractivity contribution in [1.29, 1.82) is 0 Å². The van der Waals surface area contributed by atoms with Gasteiger partial charge in [-0.15, -0.1) is 0 Å². The number of halogens is 1. The third-order valence-corrected chi connectivity index (χ3v) is 5.32. The first-order valence-corrected chi connectivity index (χ1v) is 8.41. The average Bonchev–Trinajstić information content (AvgIpc) is 2.78. The molecule has 0 radical (unpaired) electrons. The summed E-state index contributed by atoms with van der Waals surface area (Å²) in [6.45, 7) is 6.98. The monoisotopic (exact) mass is 338 g/mol. The maximum Gasteiger partial charge on any atom is 0.120 e. The Morgan fingerprint density at radius 1 is 1.25 bits per heavy atom. The summed E-state index contributed by atoms with van der Waals surface area (Å²) in [5.74, 6) is 0.410. The summed E-state index contributed by atoms with van der Waals surface area (Å²) in [5, 5.41) is 10.1. The lowest BCUT2D eigenvalue weighted by atomic mass is 10.0. The molecule has 2 fully saturated rings. The van der Waals surface area contributed by atoms with Crippen molar-refractivity contribution in [2.45, 2.75) is 38.3 Å². The molecule has 2 aliphatic heterocycles. The van der Waals surface area contributed by atoms with Gasteiger partial charge in [0.05, 0.1) is 0 Å². The minimum atomic E-state index is 0.271. The van der Waals surface area contributed by atoms with Gasteiger partial charge in [0.25, 0.3) is 0 Å². The Morgan fingerprint density at radius 3 is 2.90 bits per heavy atom. The summed E-state index contributed by atoms with van der Waals surface area (Å²) in [4.78, 5) is 5.19. The summed E-state index contributed by atoms with van der Waals surface area (Å²) >= 11 is 3.51. The van der Waals surface area contributed by atoms with E-state index in [0.29, 0.717) is 11.8 Å². The first-order valence-electron chi connectivity index (χ1n) is 7.61. The largest absolute Gasteiger partial charge is 0.508 e. The molecule has 3 rings (SSSR count). The molecule has 1 N–H and O–H groups in total. The van der Waals surface area contributed by atoms with Crippen LogP contribution in [-0.2, 0) is 0 Å². The van der Waals surface area contributed by atoms with Crippen LogP contribution in [0.2, 0.25) is 0 Å². The number of phenolic OH excluding ortho intramolecular Hbond substituents is 1. The molecular weight excluding hydrogens is 316 g/mol. The van der Waals surface area contributed by atoms with Gasteiger partial charge in [-0.25, -0.2) is 0 Å². The van der Waals surface area contributed by atoms with E-state index >= 15 is 0 Å². The zero-order chi connectivity index (χ0) is 14.1. The highest BCUT2D eigenvalue weighted by Crippen LogP contribution is 2.33. The van der Waals surface area contributed by atoms with Gasteiger partial charge in [-0.05, 0) is 57.5 Å². The molecule has 20 heavy (non-hydrogen) atoms. The van der Waals surface area contributed by atoms with E-state index < -0.39 is 0 Å². The van der Waals surface area contributed by atoms with Gasteiger partial charge in [0.2, 0.25) is 0 Å². The fraction of sp³-hybridized carbons (Fsp3) is 0.625. The number of nitrogens with zero attached hydrogens (tertiary/aromatic N) is 2. The van der Waals surface area contributed by atoms with Gasteiger partial charge in [0.1, 0.15) is 5.75 Å². The minimum absolute atomic E-state index is 0.271. The van der Waals surface area contributed by atoms with Crippen molar-refractivity contribution >= 4 is 15.9 Å². The van der Waals surface area contributed by atoms with Crippen molar-refractivity contribution in [1.82, 2.24) is 9.80 Å². The van der Waals surface area contributed by atoms with Gasteiger partial charge in [-0.3, -0.25) is 9.80 Å². The Labute approximate surface area is 129 Å². The predicted molar refractivity (Wildman–Crippen MR) is 85.0 cm³/mol. The number of hydrogen-bond donors (Lipinski definition) is 1. The number of fused-ring (bicyclic) bond motifs is 1. The van der Waals surface area contributed by atoms with Crippen molar-refractivity contribution in [3.05, 3.63) is 28.2 Å². The molecule has 4 heteroatoms. The van der Waals surface area contributed by atoms with Crippen molar-refractivity contribution in [3.8, 4) is 5.75 Å². The molecule has 0 amide bonds. The van der Waals surface area contributed by atoms with Crippen LogP contribution in [0.15, 0.2) is 22.7 Å². The van der Waals surface area contributed by atoms with Gasteiger partial charge >= 0.3 is 0 Å². The fourth-order valence-corrected chi connectivity index (χ4v) is 4.02. The van der Waals surface area contributed by atoms with E-state index in [9.17, 15) is 5.11 Å².